The van der Waals surface area contributed by atoms with Gasteiger partial charge < -0.3 is 10.0 Å². The minimum Gasteiger partial charge on any atom is -0.505 e. The maximum atomic E-state index is 13.2. The third-order valence-corrected chi connectivity index (χ3v) is 4.74. The Hall–Kier alpha value is -3.15. The number of nitrogens with one attached hydrogen (secondary N) is 1. The quantitative estimate of drug-likeness (QED) is 0.745. The van der Waals surface area contributed by atoms with Gasteiger partial charge in [0.15, 0.2) is 11.6 Å². The summed E-state index contributed by atoms with van der Waals surface area (Å²) in [5, 5.41) is 17.1. The van der Waals surface area contributed by atoms with Crippen molar-refractivity contribution in [2.24, 2.45) is 0 Å². The normalized spacial score (nSPS) is 14.0. The van der Waals surface area contributed by atoms with E-state index < -0.39 is 11.6 Å². The lowest BCUT2D eigenvalue weighted by Gasteiger charge is -2.20. The van der Waals surface area contributed by atoms with Crippen molar-refractivity contribution in [1.29, 1.82) is 0 Å². The highest BCUT2D eigenvalue weighted by atomic mass is 19.1. The van der Waals surface area contributed by atoms with Gasteiger partial charge in [0.1, 0.15) is 0 Å². The highest BCUT2D eigenvalue weighted by Gasteiger charge is 2.24. The van der Waals surface area contributed by atoms with Crippen molar-refractivity contribution < 1.29 is 14.3 Å². The number of carbonyl (C=O) groups is 1. The Kier molecular flexibility index (Phi) is 4.16. The highest BCUT2D eigenvalue weighted by Crippen LogP contribution is 2.27. The molecule has 1 amide bonds. The minimum atomic E-state index is -0.731. The van der Waals surface area contributed by atoms with Crippen molar-refractivity contribution >= 4 is 5.91 Å². The van der Waals surface area contributed by atoms with Crippen LogP contribution in [0.25, 0.3) is 11.3 Å². The number of H-pyrrole nitrogens is 1. The third kappa shape index (κ3) is 2.94. The van der Waals surface area contributed by atoms with Gasteiger partial charge in [-0.05, 0) is 24.6 Å². The van der Waals surface area contributed by atoms with Crippen LogP contribution in [-0.2, 0) is 12.8 Å². The molecule has 0 saturated heterocycles. The number of aromatic amines is 1. The van der Waals surface area contributed by atoms with Crippen LogP contribution in [0.3, 0.4) is 0 Å². The van der Waals surface area contributed by atoms with Crippen LogP contribution in [0.15, 0.2) is 48.5 Å². The van der Waals surface area contributed by atoms with E-state index in [-0.39, 0.29) is 11.5 Å². The lowest BCUT2D eigenvalue weighted by molar-refractivity contribution is 0.0762. The maximum Gasteiger partial charge on any atom is 0.254 e. The fraction of sp³-hybridized carbons (Fsp3) is 0.200. The van der Waals surface area contributed by atoms with Gasteiger partial charge >= 0.3 is 0 Å². The first-order chi connectivity index (χ1) is 12.6. The molecular weight excluding hydrogens is 333 g/mol. The molecule has 2 heterocycles. The molecule has 0 radical (unpaired) electrons. The molecule has 1 aromatic heterocycles. The molecule has 132 valence electrons. The number of amides is 1. The molecule has 0 spiro atoms. The van der Waals surface area contributed by atoms with Crippen LogP contribution in [0, 0.1) is 5.82 Å². The summed E-state index contributed by atoms with van der Waals surface area (Å²) in [6, 6.07) is 13.6. The van der Waals surface area contributed by atoms with E-state index in [0.29, 0.717) is 25.9 Å². The molecule has 0 fully saturated rings. The summed E-state index contributed by atoms with van der Waals surface area (Å²) in [7, 11) is 0. The fourth-order valence-electron chi connectivity index (χ4n) is 3.35. The van der Waals surface area contributed by atoms with Crippen molar-refractivity contribution in [2.45, 2.75) is 12.8 Å². The van der Waals surface area contributed by atoms with Gasteiger partial charge in [0.2, 0.25) is 0 Å². The molecule has 1 aliphatic rings. The second-order valence-corrected chi connectivity index (χ2v) is 6.35. The number of hydrogen-bond donors (Lipinski definition) is 2. The first-order valence-electron chi connectivity index (χ1n) is 8.53. The number of halogens is 1. The number of nitrogens with zero attached hydrogens (tertiary/aromatic N) is 2. The van der Waals surface area contributed by atoms with Crippen molar-refractivity contribution in [1.82, 2.24) is 15.1 Å². The van der Waals surface area contributed by atoms with Gasteiger partial charge in [-0.3, -0.25) is 9.89 Å². The Balaban J connectivity index is 1.56. The molecule has 0 saturated carbocycles. The minimum absolute atomic E-state index is 0.209. The van der Waals surface area contributed by atoms with Gasteiger partial charge in [0, 0.05) is 41.9 Å². The molecule has 6 heteroatoms. The van der Waals surface area contributed by atoms with E-state index in [1.807, 2.05) is 30.3 Å². The summed E-state index contributed by atoms with van der Waals surface area (Å²) < 4.78 is 13.2. The number of rotatable bonds is 2. The Labute approximate surface area is 150 Å². The summed E-state index contributed by atoms with van der Waals surface area (Å²) in [6.07, 6.45) is 1.36. The van der Waals surface area contributed by atoms with Crippen LogP contribution >= 0.6 is 0 Å². The second-order valence-electron chi connectivity index (χ2n) is 6.35. The van der Waals surface area contributed by atoms with Crippen molar-refractivity contribution in [2.75, 3.05) is 13.1 Å². The van der Waals surface area contributed by atoms with Crippen LogP contribution < -0.4 is 0 Å². The lowest BCUT2D eigenvalue weighted by atomic mass is 10.0. The van der Waals surface area contributed by atoms with E-state index in [4.69, 9.17) is 0 Å². The van der Waals surface area contributed by atoms with E-state index in [0.717, 1.165) is 28.6 Å². The number of hydrogen-bond acceptors (Lipinski definition) is 3. The summed E-state index contributed by atoms with van der Waals surface area (Å²) in [5.41, 5.74) is 4.44. The Morgan fingerprint density at radius 2 is 1.88 bits per heavy atom. The number of aromatic nitrogens is 2. The molecule has 26 heavy (non-hydrogen) atoms. The monoisotopic (exact) mass is 351 g/mol. The van der Waals surface area contributed by atoms with Crippen molar-refractivity contribution in [3.05, 3.63) is 71.2 Å². The Morgan fingerprint density at radius 3 is 2.65 bits per heavy atom. The first kappa shape index (κ1) is 16.3. The first-order valence-corrected chi connectivity index (χ1v) is 8.53. The molecule has 4 rings (SSSR count). The fourth-order valence-corrected chi connectivity index (χ4v) is 3.35. The predicted octanol–water partition coefficient (Wildman–Crippen LogP) is 3.16. The number of aromatic hydroxyl groups is 1. The van der Waals surface area contributed by atoms with Crippen LogP contribution in [0.2, 0.25) is 0 Å². The summed E-state index contributed by atoms with van der Waals surface area (Å²) >= 11 is 0. The highest BCUT2D eigenvalue weighted by molar-refractivity contribution is 5.94. The van der Waals surface area contributed by atoms with E-state index in [9.17, 15) is 14.3 Å². The largest absolute Gasteiger partial charge is 0.505 e. The molecular formula is C20H18FN3O2. The Morgan fingerprint density at radius 1 is 1.12 bits per heavy atom. The zero-order valence-electron chi connectivity index (χ0n) is 14.1. The molecule has 0 atom stereocenters. The molecule has 2 aromatic carbocycles. The van der Waals surface area contributed by atoms with Crippen LogP contribution in [-0.4, -0.2) is 39.2 Å². The maximum absolute atomic E-state index is 13.2. The number of fused-ring (bicyclic) bond motifs is 1. The Bertz CT molecular complexity index is 953. The van der Waals surface area contributed by atoms with Gasteiger partial charge in [0.05, 0.1) is 5.69 Å². The van der Waals surface area contributed by atoms with Crippen molar-refractivity contribution in [3.63, 3.8) is 0 Å². The smallest absolute Gasteiger partial charge is 0.254 e. The average Bonchev–Trinajstić information content (AvgIpc) is 2.95. The van der Waals surface area contributed by atoms with E-state index in [1.165, 1.54) is 12.1 Å². The van der Waals surface area contributed by atoms with E-state index in [1.54, 1.807) is 4.90 Å². The van der Waals surface area contributed by atoms with Crippen LogP contribution in [0.1, 0.15) is 21.6 Å². The number of phenolic OH excluding ortho intramolecular Hbond substituents is 1. The number of phenols is 1. The topological polar surface area (TPSA) is 69.2 Å². The molecule has 0 bridgehead atoms. The van der Waals surface area contributed by atoms with E-state index in [2.05, 4.69) is 10.2 Å². The third-order valence-electron chi connectivity index (χ3n) is 4.74. The molecule has 0 unspecified atom stereocenters. The van der Waals surface area contributed by atoms with Gasteiger partial charge in [0.25, 0.3) is 5.91 Å². The summed E-state index contributed by atoms with van der Waals surface area (Å²) in [5.74, 6) is -1.45. The lowest BCUT2D eigenvalue weighted by Crippen LogP contribution is -2.33. The molecule has 5 nitrogen and oxygen atoms in total. The van der Waals surface area contributed by atoms with Gasteiger partial charge in [-0.25, -0.2) is 4.39 Å². The van der Waals surface area contributed by atoms with E-state index >= 15 is 0 Å². The zero-order valence-corrected chi connectivity index (χ0v) is 14.1. The SMILES string of the molecule is O=C(c1ccc(F)c(O)c1)N1CCc2[nH]nc(-c3ccccc3)c2CC1. The van der Waals surface area contributed by atoms with Crippen LogP contribution in [0.5, 0.6) is 5.75 Å². The summed E-state index contributed by atoms with van der Waals surface area (Å²) in [4.78, 5) is 14.4. The second kappa shape index (κ2) is 6.63. The standard InChI is InChI=1S/C20H18FN3O2/c21-16-7-6-14(12-18(16)25)20(26)24-10-8-15-17(9-11-24)22-23-19(15)13-4-2-1-3-5-13/h1-7,12,25H,8-11H2,(H,22,23). The number of carbonyl (C=O) groups excluding carboxylic acids is 1. The van der Waals surface area contributed by atoms with Crippen molar-refractivity contribution in [3.8, 4) is 17.0 Å². The molecule has 0 aliphatic carbocycles. The molecule has 3 aromatic rings. The molecule has 2 N–H and O–H groups in total. The molecule has 1 aliphatic heterocycles. The van der Waals surface area contributed by atoms with Gasteiger partial charge in [-0.15, -0.1) is 0 Å². The zero-order chi connectivity index (χ0) is 18.1. The average molecular weight is 351 g/mol. The number of benzene rings is 2. The van der Waals surface area contributed by atoms with Crippen LogP contribution in [0.4, 0.5) is 4.39 Å². The summed E-state index contributed by atoms with van der Waals surface area (Å²) in [6.45, 7) is 1.09. The predicted molar refractivity (Wildman–Crippen MR) is 95.4 cm³/mol. The van der Waals surface area contributed by atoms with Gasteiger partial charge in [-0.1, -0.05) is 30.3 Å². The van der Waals surface area contributed by atoms with Gasteiger partial charge in [-0.2, -0.15) is 5.10 Å².